The van der Waals surface area contributed by atoms with Crippen molar-refractivity contribution in [2.24, 2.45) is 5.92 Å². The molecular formula is C31H54NO8PS. The van der Waals surface area contributed by atoms with Crippen LogP contribution in [0.2, 0.25) is 0 Å². The van der Waals surface area contributed by atoms with Crippen LogP contribution >= 0.6 is 19.4 Å². The molecular weight excluding hydrogens is 577 g/mol. The number of rotatable bonds is 22. The minimum absolute atomic E-state index is 0.108. The Morgan fingerprint density at radius 1 is 0.976 bits per heavy atom. The highest BCUT2D eigenvalue weighted by Crippen LogP contribution is 2.50. The normalized spacial score (nSPS) is 13.9. The van der Waals surface area contributed by atoms with Crippen molar-refractivity contribution in [2.75, 3.05) is 44.9 Å². The number of amides is 1. The third-order valence-corrected chi connectivity index (χ3v) is 9.89. The summed E-state index contributed by atoms with van der Waals surface area (Å²) in [5.74, 6) is -0.297. The second kappa shape index (κ2) is 19.8. The van der Waals surface area contributed by atoms with E-state index in [1.54, 1.807) is 13.8 Å². The van der Waals surface area contributed by atoms with E-state index in [0.717, 1.165) is 12.0 Å². The molecule has 1 rings (SSSR count). The molecule has 0 radical (unpaired) electrons. The maximum absolute atomic E-state index is 13.3. The number of esters is 1. The van der Waals surface area contributed by atoms with Gasteiger partial charge in [-0.1, -0.05) is 37.3 Å². The summed E-state index contributed by atoms with van der Waals surface area (Å²) in [5.41, 5.74) is 0.362. The van der Waals surface area contributed by atoms with E-state index in [-0.39, 0.29) is 66.6 Å². The summed E-state index contributed by atoms with van der Waals surface area (Å²) in [6.07, 6.45) is 1.56. The Morgan fingerprint density at radius 3 is 2.21 bits per heavy atom. The minimum Gasteiger partial charge on any atom is -0.461 e. The summed E-state index contributed by atoms with van der Waals surface area (Å²) >= 11 is 1.49. The van der Waals surface area contributed by atoms with Gasteiger partial charge in [0, 0.05) is 30.1 Å². The predicted molar refractivity (Wildman–Crippen MR) is 170 cm³/mol. The molecule has 1 aromatic carbocycles. The highest BCUT2D eigenvalue weighted by molar-refractivity contribution is 8.00. The first-order valence-corrected chi connectivity index (χ1v) is 17.7. The molecule has 0 spiro atoms. The fourth-order valence-corrected chi connectivity index (χ4v) is 7.68. The monoisotopic (exact) mass is 631 g/mol. The Hall–Kier alpha value is -1.42. The predicted octanol–water partition coefficient (Wildman–Crippen LogP) is 6.63. The Bertz CT molecular complexity index is 944. The van der Waals surface area contributed by atoms with Crippen LogP contribution in [0.4, 0.5) is 0 Å². The number of thioether (sulfide) groups is 1. The number of ether oxygens (including phenoxy) is 3. The second-order valence-corrected chi connectivity index (χ2v) is 15.3. The number of hydrogen-bond acceptors (Lipinski definition) is 9. The molecule has 0 bridgehead atoms. The van der Waals surface area contributed by atoms with Gasteiger partial charge in [0.05, 0.1) is 43.6 Å². The van der Waals surface area contributed by atoms with Gasteiger partial charge in [0.1, 0.15) is 6.61 Å². The standard InChI is InChI=1S/C31H54NO8PS/c1-9-39-41(35,40-10-2)24-27(42-21-16-28(33)36-23-26-14-12-11-13-15-26)22-25(3)29(34)32-18-20-38-31(7,8)17-19-37-30(4,5)6/h11-15,25,27H,9-10,16-24H2,1-8H3,(H,32,34). The summed E-state index contributed by atoms with van der Waals surface area (Å²) in [6.45, 7) is 17.6. The van der Waals surface area contributed by atoms with Crippen LogP contribution in [0.5, 0.6) is 0 Å². The lowest BCUT2D eigenvalue weighted by molar-refractivity contribution is -0.144. The maximum Gasteiger partial charge on any atom is 0.331 e. The molecule has 2 unspecified atom stereocenters. The molecule has 0 aliphatic rings. The Labute approximate surface area is 258 Å². The van der Waals surface area contributed by atoms with Crippen molar-refractivity contribution < 1.29 is 37.4 Å². The molecule has 242 valence electrons. The van der Waals surface area contributed by atoms with Gasteiger partial charge in [-0.3, -0.25) is 14.2 Å². The van der Waals surface area contributed by atoms with Crippen molar-refractivity contribution in [1.82, 2.24) is 5.32 Å². The lowest BCUT2D eigenvalue weighted by Gasteiger charge is -2.28. The molecule has 1 N–H and O–H groups in total. The Morgan fingerprint density at radius 2 is 1.62 bits per heavy atom. The van der Waals surface area contributed by atoms with Crippen molar-refractivity contribution in [3.05, 3.63) is 35.9 Å². The van der Waals surface area contributed by atoms with Gasteiger partial charge in [0.25, 0.3) is 0 Å². The lowest BCUT2D eigenvalue weighted by atomic mass is 10.1. The van der Waals surface area contributed by atoms with Crippen molar-refractivity contribution >= 4 is 31.2 Å². The third kappa shape index (κ3) is 18.3. The summed E-state index contributed by atoms with van der Waals surface area (Å²) < 4.78 is 41.5. The van der Waals surface area contributed by atoms with Gasteiger partial charge in [-0.05, 0) is 66.9 Å². The van der Waals surface area contributed by atoms with Crippen LogP contribution in [0.25, 0.3) is 0 Å². The SMILES string of the molecule is CCOP(=O)(CC(CC(C)C(=O)NCCOC(C)(C)CCOC(C)(C)C)SCCC(=O)OCc1ccccc1)OCC. The molecule has 1 aromatic rings. The van der Waals surface area contributed by atoms with Crippen molar-refractivity contribution in [1.29, 1.82) is 0 Å². The maximum atomic E-state index is 13.3. The van der Waals surface area contributed by atoms with Crippen molar-refractivity contribution in [3.8, 4) is 0 Å². The fraction of sp³-hybridized carbons (Fsp3) is 0.742. The molecule has 2 atom stereocenters. The molecule has 0 aromatic heterocycles. The molecule has 0 aliphatic carbocycles. The van der Waals surface area contributed by atoms with Crippen LogP contribution in [-0.2, 0) is 44.0 Å². The summed E-state index contributed by atoms with van der Waals surface area (Å²) in [5, 5.41) is 2.74. The molecule has 0 heterocycles. The topological polar surface area (TPSA) is 109 Å². The molecule has 0 aliphatic heterocycles. The number of carbonyl (C=O) groups is 2. The van der Waals surface area contributed by atoms with E-state index < -0.39 is 7.60 Å². The van der Waals surface area contributed by atoms with Gasteiger partial charge in [0.15, 0.2) is 0 Å². The van der Waals surface area contributed by atoms with Crippen LogP contribution in [-0.4, -0.2) is 73.2 Å². The first-order valence-electron chi connectivity index (χ1n) is 14.9. The van der Waals surface area contributed by atoms with Crippen LogP contribution < -0.4 is 5.32 Å². The number of benzene rings is 1. The minimum atomic E-state index is -3.34. The Balaban J connectivity index is 2.61. The second-order valence-electron chi connectivity index (χ2n) is 11.8. The van der Waals surface area contributed by atoms with E-state index in [4.69, 9.17) is 23.3 Å². The van der Waals surface area contributed by atoms with Gasteiger partial charge in [-0.25, -0.2) is 0 Å². The molecule has 0 saturated carbocycles. The molecule has 0 fully saturated rings. The average molecular weight is 632 g/mol. The highest BCUT2D eigenvalue weighted by Gasteiger charge is 2.31. The van der Waals surface area contributed by atoms with Crippen LogP contribution in [0.15, 0.2) is 30.3 Å². The van der Waals surface area contributed by atoms with E-state index in [1.165, 1.54) is 11.8 Å². The van der Waals surface area contributed by atoms with Crippen molar-refractivity contribution in [2.45, 2.75) is 97.7 Å². The molecule has 1 amide bonds. The number of nitrogens with one attached hydrogen (secondary N) is 1. The zero-order valence-corrected chi connectivity index (χ0v) is 28.7. The van der Waals surface area contributed by atoms with Gasteiger partial charge >= 0.3 is 13.6 Å². The molecule has 11 heteroatoms. The van der Waals surface area contributed by atoms with Crippen LogP contribution in [0.3, 0.4) is 0 Å². The summed E-state index contributed by atoms with van der Waals surface area (Å²) in [7, 11) is -3.34. The van der Waals surface area contributed by atoms with Gasteiger partial charge < -0.3 is 28.6 Å². The average Bonchev–Trinajstić information content (AvgIpc) is 2.89. The molecule has 42 heavy (non-hydrogen) atoms. The van der Waals surface area contributed by atoms with Gasteiger partial charge in [-0.15, -0.1) is 0 Å². The van der Waals surface area contributed by atoms with E-state index in [9.17, 15) is 14.2 Å². The van der Waals surface area contributed by atoms with Crippen LogP contribution in [0.1, 0.15) is 80.2 Å². The van der Waals surface area contributed by atoms with Crippen LogP contribution in [0, 0.1) is 5.92 Å². The fourth-order valence-electron chi connectivity index (χ4n) is 3.95. The first-order chi connectivity index (χ1) is 19.7. The molecule has 0 saturated heterocycles. The van der Waals surface area contributed by atoms with Crippen molar-refractivity contribution in [3.63, 3.8) is 0 Å². The van der Waals surface area contributed by atoms with Gasteiger partial charge in [0.2, 0.25) is 5.91 Å². The zero-order valence-electron chi connectivity index (χ0n) is 26.9. The van der Waals surface area contributed by atoms with E-state index >= 15 is 0 Å². The van der Waals surface area contributed by atoms with E-state index in [1.807, 2.05) is 71.9 Å². The van der Waals surface area contributed by atoms with E-state index in [0.29, 0.717) is 31.9 Å². The number of hydrogen-bond donors (Lipinski definition) is 1. The largest absolute Gasteiger partial charge is 0.461 e. The van der Waals surface area contributed by atoms with Gasteiger partial charge in [-0.2, -0.15) is 11.8 Å². The Kier molecular flexibility index (Phi) is 18.2. The van der Waals surface area contributed by atoms with E-state index in [2.05, 4.69) is 5.32 Å². The highest BCUT2D eigenvalue weighted by atomic mass is 32.2. The smallest absolute Gasteiger partial charge is 0.331 e. The quantitative estimate of drug-likeness (QED) is 0.0857. The summed E-state index contributed by atoms with van der Waals surface area (Å²) in [4.78, 5) is 25.2. The number of carbonyl (C=O) groups excluding carboxylic acids is 2. The zero-order chi connectivity index (χ0) is 31.7. The lowest BCUT2D eigenvalue weighted by Crippen LogP contribution is -2.36. The first kappa shape index (κ1) is 38.6. The molecule has 9 nitrogen and oxygen atoms in total. The third-order valence-electron chi connectivity index (χ3n) is 6.18. The summed E-state index contributed by atoms with van der Waals surface area (Å²) in [6, 6.07) is 9.51.